The van der Waals surface area contributed by atoms with Gasteiger partial charge in [-0.2, -0.15) is 0 Å². The summed E-state index contributed by atoms with van der Waals surface area (Å²) in [6.45, 7) is 2.85. The zero-order chi connectivity index (χ0) is 13.5. The number of fused-ring (bicyclic) bond motifs is 1. The van der Waals surface area contributed by atoms with Crippen LogP contribution in [0, 0.1) is 5.92 Å². The smallest absolute Gasteiger partial charge is 0.240 e. The van der Waals surface area contributed by atoms with Crippen molar-refractivity contribution < 1.29 is 17.9 Å². The van der Waals surface area contributed by atoms with Crippen LogP contribution < -0.4 is 14.2 Å². The van der Waals surface area contributed by atoms with Gasteiger partial charge in [-0.05, 0) is 37.8 Å². The fourth-order valence-electron chi connectivity index (χ4n) is 2.20. The molecule has 5 nitrogen and oxygen atoms in total. The molecule has 0 aromatic heterocycles. The molecule has 0 unspecified atom stereocenters. The second-order valence-corrected chi connectivity index (χ2v) is 6.77. The minimum atomic E-state index is -3.48. The van der Waals surface area contributed by atoms with E-state index < -0.39 is 10.0 Å². The molecule has 1 fully saturated rings. The highest BCUT2D eigenvalue weighted by atomic mass is 32.2. The predicted octanol–water partition coefficient (Wildman–Crippen LogP) is 1.53. The van der Waals surface area contributed by atoms with E-state index >= 15 is 0 Å². The van der Waals surface area contributed by atoms with E-state index in [-0.39, 0.29) is 10.9 Å². The monoisotopic (exact) mass is 283 g/mol. The normalized spacial score (nSPS) is 20.1. The highest BCUT2D eigenvalue weighted by Crippen LogP contribution is 2.34. The first kappa shape index (κ1) is 12.7. The molecular weight excluding hydrogens is 266 g/mol. The van der Waals surface area contributed by atoms with E-state index in [4.69, 9.17) is 9.47 Å². The van der Waals surface area contributed by atoms with Gasteiger partial charge < -0.3 is 9.47 Å². The summed E-state index contributed by atoms with van der Waals surface area (Å²) in [7, 11) is -3.48. The van der Waals surface area contributed by atoms with Gasteiger partial charge in [-0.3, -0.25) is 0 Å². The molecule has 1 aliphatic heterocycles. The molecule has 19 heavy (non-hydrogen) atoms. The summed E-state index contributed by atoms with van der Waals surface area (Å²) in [5.41, 5.74) is 0. The molecule has 1 atom stereocenters. The Kier molecular flexibility index (Phi) is 3.14. The summed E-state index contributed by atoms with van der Waals surface area (Å²) in [5, 5.41) is 0. The molecule has 3 rings (SSSR count). The summed E-state index contributed by atoms with van der Waals surface area (Å²) in [4.78, 5) is 0.226. The molecular formula is C13H17NO4S. The molecule has 6 heteroatoms. The van der Waals surface area contributed by atoms with Crippen LogP contribution in [0.2, 0.25) is 0 Å². The molecule has 0 spiro atoms. The van der Waals surface area contributed by atoms with Crippen LogP contribution >= 0.6 is 0 Å². The Hall–Kier alpha value is -1.27. The van der Waals surface area contributed by atoms with Gasteiger partial charge in [0.1, 0.15) is 13.2 Å². The number of hydrogen-bond donors (Lipinski definition) is 1. The maximum Gasteiger partial charge on any atom is 0.240 e. The van der Waals surface area contributed by atoms with Crippen LogP contribution in [0.1, 0.15) is 19.8 Å². The molecule has 2 aliphatic rings. The van der Waals surface area contributed by atoms with Crippen molar-refractivity contribution in [3.8, 4) is 11.5 Å². The van der Waals surface area contributed by atoms with Crippen molar-refractivity contribution >= 4 is 10.0 Å². The summed E-state index contributed by atoms with van der Waals surface area (Å²) in [6.07, 6.45) is 2.20. The quantitative estimate of drug-likeness (QED) is 0.910. The Bertz CT molecular complexity index is 580. The molecule has 1 aromatic carbocycles. The molecule has 1 N–H and O–H groups in total. The third-order valence-electron chi connectivity index (χ3n) is 3.49. The third kappa shape index (κ3) is 2.69. The van der Waals surface area contributed by atoms with Crippen LogP contribution in [-0.4, -0.2) is 27.7 Å². The van der Waals surface area contributed by atoms with Crippen LogP contribution in [0.25, 0.3) is 0 Å². The van der Waals surface area contributed by atoms with E-state index in [0.717, 1.165) is 12.8 Å². The van der Waals surface area contributed by atoms with E-state index in [1.165, 1.54) is 6.07 Å². The standard InChI is InChI=1S/C13H17NO4S/c1-9(10-2-3-10)14-19(15,16)11-4-5-12-13(8-11)18-7-6-17-12/h4-5,8-10,14H,2-3,6-7H2,1H3/t9-/m1/s1. The lowest BCUT2D eigenvalue weighted by Crippen LogP contribution is -2.34. The summed E-state index contributed by atoms with van der Waals surface area (Å²) in [5.74, 6) is 1.57. The van der Waals surface area contributed by atoms with Crippen molar-refractivity contribution in [2.75, 3.05) is 13.2 Å². The Labute approximate surface area is 113 Å². The van der Waals surface area contributed by atoms with Crippen molar-refractivity contribution in [2.45, 2.75) is 30.7 Å². The molecule has 0 saturated heterocycles. The maximum atomic E-state index is 12.3. The highest BCUT2D eigenvalue weighted by molar-refractivity contribution is 7.89. The van der Waals surface area contributed by atoms with Crippen LogP contribution in [0.4, 0.5) is 0 Å². The van der Waals surface area contributed by atoms with Gasteiger partial charge in [-0.25, -0.2) is 13.1 Å². The van der Waals surface area contributed by atoms with Crippen LogP contribution in [0.5, 0.6) is 11.5 Å². The van der Waals surface area contributed by atoms with Crippen molar-refractivity contribution in [3.05, 3.63) is 18.2 Å². The highest BCUT2D eigenvalue weighted by Gasteiger charge is 2.31. The van der Waals surface area contributed by atoms with Crippen LogP contribution in [0.15, 0.2) is 23.1 Å². The average molecular weight is 283 g/mol. The number of ether oxygens (including phenoxy) is 2. The maximum absolute atomic E-state index is 12.3. The number of nitrogens with one attached hydrogen (secondary N) is 1. The number of rotatable bonds is 4. The Morgan fingerprint density at radius 3 is 2.58 bits per heavy atom. The van der Waals surface area contributed by atoms with E-state index in [1.54, 1.807) is 12.1 Å². The second kappa shape index (κ2) is 4.68. The molecule has 0 radical (unpaired) electrons. The van der Waals surface area contributed by atoms with E-state index in [1.807, 2.05) is 6.92 Å². The van der Waals surface area contributed by atoms with Crippen molar-refractivity contribution in [3.63, 3.8) is 0 Å². The van der Waals surface area contributed by atoms with E-state index in [9.17, 15) is 8.42 Å². The number of benzene rings is 1. The molecule has 0 bridgehead atoms. The zero-order valence-corrected chi connectivity index (χ0v) is 11.6. The van der Waals surface area contributed by atoms with Crippen molar-refractivity contribution in [1.82, 2.24) is 4.72 Å². The van der Waals surface area contributed by atoms with Gasteiger partial charge in [-0.1, -0.05) is 0 Å². The van der Waals surface area contributed by atoms with Crippen LogP contribution in [0.3, 0.4) is 0 Å². The molecule has 104 valence electrons. The summed E-state index contributed by atoms with van der Waals surface area (Å²) in [6, 6.07) is 4.70. The second-order valence-electron chi connectivity index (χ2n) is 5.05. The van der Waals surface area contributed by atoms with Gasteiger partial charge >= 0.3 is 0 Å². The summed E-state index contributed by atoms with van der Waals surface area (Å²) >= 11 is 0. The fraction of sp³-hybridized carbons (Fsp3) is 0.538. The predicted molar refractivity (Wildman–Crippen MR) is 69.9 cm³/mol. The largest absolute Gasteiger partial charge is 0.486 e. The first-order chi connectivity index (χ1) is 9.06. The Morgan fingerprint density at radius 1 is 1.21 bits per heavy atom. The van der Waals surface area contributed by atoms with Gasteiger partial charge in [0.15, 0.2) is 11.5 Å². The van der Waals surface area contributed by atoms with Gasteiger partial charge in [-0.15, -0.1) is 0 Å². The van der Waals surface area contributed by atoms with E-state index in [0.29, 0.717) is 30.6 Å². The van der Waals surface area contributed by atoms with Gasteiger partial charge in [0.25, 0.3) is 0 Å². The van der Waals surface area contributed by atoms with Gasteiger partial charge in [0, 0.05) is 12.1 Å². The number of hydrogen-bond acceptors (Lipinski definition) is 4. The SMILES string of the molecule is C[C@@H](NS(=O)(=O)c1ccc2c(c1)OCCO2)C1CC1. The first-order valence-electron chi connectivity index (χ1n) is 6.48. The topological polar surface area (TPSA) is 64.6 Å². The lowest BCUT2D eigenvalue weighted by Gasteiger charge is -2.19. The molecule has 1 aliphatic carbocycles. The molecule has 1 heterocycles. The molecule has 0 amide bonds. The Balaban J connectivity index is 1.83. The minimum absolute atomic E-state index is 0.0156. The molecule has 1 aromatic rings. The van der Waals surface area contributed by atoms with Gasteiger partial charge in [0.05, 0.1) is 4.90 Å². The number of sulfonamides is 1. The lowest BCUT2D eigenvalue weighted by molar-refractivity contribution is 0.171. The van der Waals surface area contributed by atoms with Gasteiger partial charge in [0.2, 0.25) is 10.0 Å². The minimum Gasteiger partial charge on any atom is -0.486 e. The third-order valence-corrected chi connectivity index (χ3v) is 5.05. The van der Waals surface area contributed by atoms with Crippen molar-refractivity contribution in [2.24, 2.45) is 5.92 Å². The van der Waals surface area contributed by atoms with Crippen molar-refractivity contribution in [1.29, 1.82) is 0 Å². The molecule has 1 saturated carbocycles. The summed E-state index contributed by atoms with van der Waals surface area (Å²) < 4.78 is 38.0. The fourth-order valence-corrected chi connectivity index (χ4v) is 3.52. The lowest BCUT2D eigenvalue weighted by atomic mass is 10.2. The van der Waals surface area contributed by atoms with Crippen LogP contribution in [-0.2, 0) is 10.0 Å². The Morgan fingerprint density at radius 2 is 1.89 bits per heavy atom. The van der Waals surface area contributed by atoms with E-state index in [2.05, 4.69) is 4.72 Å². The zero-order valence-electron chi connectivity index (χ0n) is 10.8. The average Bonchev–Trinajstić information content (AvgIpc) is 3.22. The first-order valence-corrected chi connectivity index (χ1v) is 7.96.